The van der Waals surface area contributed by atoms with E-state index in [1.54, 1.807) is 27.0 Å². The molecule has 0 aliphatic carbocycles. The highest BCUT2D eigenvalue weighted by Gasteiger charge is 2.13. The maximum Gasteiger partial charge on any atom is 0.175 e. The van der Waals surface area contributed by atoms with Gasteiger partial charge in [-0.3, -0.25) is 4.79 Å². The molecule has 0 saturated carbocycles. The molecular weight excluding hydrogens is 226 g/mol. The van der Waals surface area contributed by atoms with Gasteiger partial charge in [0.1, 0.15) is 11.8 Å². The van der Waals surface area contributed by atoms with Crippen LogP contribution in [0.3, 0.4) is 0 Å². The standard InChI is InChI=1S/C15H17NO2/c1-10(2)15(17)13(9-16)8-12-5-6-14(18-4)11(3)7-12/h5-8,10H,1-4H3. The summed E-state index contributed by atoms with van der Waals surface area (Å²) in [4.78, 5) is 11.8. The van der Waals surface area contributed by atoms with Gasteiger partial charge in [-0.15, -0.1) is 0 Å². The second kappa shape index (κ2) is 6.02. The molecule has 0 aromatic heterocycles. The molecule has 0 fully saturated rings. The lowest BCUT2D eigenvalue weighted by molar-refractivity contribution is -0.117. The number of hydrogen-bond acceptors (Lipinski definition) is 3. The average Bonchev–Trinajstić information content (AvgIpc) is 2.35. The van der Waals surface area contributed by atoms with Crippen molar-refractivity contribution in [2.75, 3.05) is 7.11 Å². The van der Waals surface area contributed by atoms with E-state index in [1.807, 2.05) is 31.2 Å². The first-order valence-electron chi connectivity index (χ1n) is 5.80. The minimum Gasteiger partial charge on any atom is -0.496 e. The van der Waals surface area contributed by atoms with Crippen LogP contribution in [0.1, 0.15) is 25.0 Å². The van der Waals surface area contributed by atoms with Crippen LogP contribution in [0.15, 0.2) is 23.8 Å². The summed E-state index contributed by atoms with van der Waals surface area (Å²) in [5, 5.41) is 9.01. The molecule has 0 aliphatic rings. The number of Topliss-reactive ketones (excluding diaryl/α,β-unsaturated/α-hetero) is 1. The molecule has 1 aromatic carbocycles. The number of carbonyl (C=O) groups excluding carboxylic acids is 1. The summed E-state index contributed by atoms with van der Waals surface area (Å²) in [6.45, 7) is 5.49. The lowest BCUT2D eigenvalue weighted by atomic mass is 9.99. The van der Waals surface area contributed by atoms with E-state index in [1.165, 1.54) is 0 Å². The molecule has 0 unspecified atom stereocenters. The zero-order chi connectivity index (χ0) is 13.7. The van der Waals surface area contributed by atoms with Gasteiger partial charge in [0.15, 0.2) is 5.78 Å². The fraction of sp³-hybridized carbons (Fsp3) is 0.333. The molecule has 3 nitrogen and oxygen atoms in total. The quantitative estimate of drug-likeness (QED) is 0.603. The van der Waals surface area contributed by atoms with Gasteiger partial charge in [-0.2, -0.15) is 5.26 Å². The van der Waals surface area contributed by atoms with Gasteiger partial charge in [-0.1, -0.05) is 19.9 Å². The van der Waals surface area contributed by atoms with Crippen LogP contribution < -0.4 is 4.74 Å². The molecular formula is C15H17NO2. The van der Waals surface area contributed by atoms with Crippen LogP contribution in [-0.4, -0.2) is 12.9 Å². The first-order chi connectivity index (χ1) is 8.49. The van der Waals surface area contributed by atoms with Crippen molar-refractivity contribution < 1.29 is 9.53 Å². The summed E-state index contributed by atoms with van der Waals surface area (Å²) >= 11 is 0. The summed E-state index contributed by atoms with van der Waals surface area (Å²) < 4.78 is 5.16. The first-order valence-corrected chi connectivity index (χ1v) is 5.80. The smallest absolute Gasteiger partial charge is 0.175 e. The van der Waals surface area contributed by atoms with Gasteiger partial charge in [0.25, 0.3) is 0 Å². The average molecular weight is 243 g/mol. The number of ether oxygens (including phenoxy) is 1. The summed E-state index contributed by atoms with van der Waals surface area (Å²) in [5.41, 5.74) is 1.99. The zero-order valence-corrected chi connectivity index (χ0v) is 11.2. The second-order valence-corrected chi connectivity index (χ2v) is 4.42. The van der Waals surface area contributed by atoms with Crippen molar-refractivity contribution in [3.63, 3.8) is 0 Å². The Morgan fingerprint density at radius 2 is 2.11 bits per heavy atom. The zero-order valence-electron chi connectivity index (χ0n) is 11.2. The highest BCUT2D eigenvalue weighted by atomic mass is 16.5. The number of benzene rings is 1. The third-order valence-corrected chi connectivity index (χ3v) is 2.64. The van der Waals surface area contributed by atoms with Crippen LogP contribution in [-0.2, 0) is 4.79 Å². The number of nitriles is 1. The van der Waals surface area contributed by atoms with Crippen LogP contribution in [0, 0.1) is 24.2 Å². The largest absolute Gasteiger partial charge is 0.496 e. The molecule has 0 atom stereocenters. The molecule has 0 spiro atoms. The molecule has 3 heteroatoms. The molecule has 0 amide bonds. The van der Waals surface area contributed by atoms with E-state index in [-0.39, 0.29) is 17.3 Å². The number of methoxy groups -OCH3 is 1. The third kappa shape index (κ3) is 3.21. The fourth-order valence-electron chi connectivity index (χ4n) is 1.63. The van der Waals surface area contributed by atoms with Crippen molar-refractivity contribution in [1.82, 2.24) is 0 Å². The molecule has 0 N–H and O–H groups in total. The van der Waals surface area contributed by atoms with E-state index < -0.39 is 0 Å². The SMILES string of the molecule is COc1ccc(C=C(C#N)C(=O)C(C)C)cc1C. The van der Waals surface area contributed by atoms with E-state index in [0.717, 1.165) is 16.9 Å². The number of aryl methyl sites for hydroxylation is 1. The van der Waals surface area contributed by atoms with Gasteiger partial charge in [0, 0.05) is 5.92 Å². The van der Waals surface area contributed by atoms with Crippen molar-refractivity contribution >= 4 is 11.9 Å². The molecule has 18 heavy (non-hydrogen) atoms. The van der Waals surface area contributed by atoms with Gasteiger partial charge >= 0.3 is 0 Å². The third-order valence-electron chi connectivity index (χ3n) is 2.64. The van der Waals surface area contributed by atoms with Crippen molar-refractivity contribution in [2.24, 2.45) is 5.92 Å². The van der Waals surface area contributed by atoms with E-state index in [2.05, 4.69) is 0 Å². The highest BCUT2D eigenvalue weighted by Crippen LogP contribution is 2.20. The van der Waals surface area contributed by atoms with Gasteiger partial charge in [-0.25, -0.2) is 0 Å². The molecule has 0 aliphatic heterocycles. The van der Waals surface area contributed by atoms with E-state index in [9.17, 15) is 4.79 Å². The van der Waals surface area contributed by atoms with Crippen molar-refractivity contribution in [3.05, 3.63) is 34.9 Å². The van der Waals surface area contributed by atoms with Crippen LogP contribution in [0.2, 0.25) is 0 Å². The Labute approximate surface area is 108 Å². The number of carbonyl (C=O) groups is 1. The van der Waals surface area contributed by atoms with Crippen LogP contribution in [0.5, 0.6) is 5.75 Å². The lowest BCUT2D eigenvalue weighted by Gasteiger charge is -2.06. The monoisotopic (exact) mass is 243 g/mol. The molecule has 1 rings (SSSR count). The lowest BCUT2D eigenvalue weighted by Crippen LogP contribution is -2.08. The van der Waals surface area contributed by atoms with Crippen LogP contribution in [0.4, 0.5) is 0 Å². The number of hydrogen-bond donors (Lipinski definition) is 0. The molecule has 0 bridgehead atoms. The summed E-state index contributed by atoms with van der Waals surface area (Å²) in [5.74, 6) is 0.488. The van der Waals surface area contributed by atoms with E-state index in [0.29, 0.717) is 0 Å². The molecule has 94 valence electrons. The van der Waals surface area contributed by atoms with E-state index >= 15 is 0 Å². The second-order valence-electron chi connectivity index (χ2n) is 4.42. The Balaban J connectivity index is 3.12. The number of ketones is 1. The number of allylic oxidation sites excluding steroid dienone is 1. The maximum atomic E-state index is 11.8. The molecule has 0 saturated heterocycles. The number of nitrogens with zero attached hydrogens (tertiary/aromatic N) is 1. The van der Waals surface area contributed by atoms with Crippen molar-refractivity contribution in [2.45, 2.75) is 20.8 Å². The molecule has 0 radical (unpaired) electrons. The molecule has 0 heterocycles. The van der Waals surface area contributed by atoms with Crippen LogP contribution >= 0.6 is 0 Å². The topological polar surface area (TPSA) is 50.1 Å². The minimum atomic E-state index is -0.171. The summed E-state index contributed by atoms with van der Waals surface area (Å²) in [6, 6.07) is 7.51. The van der Waals surface area contributed by atoms with Gasteiger partial charge in [0.2, 0.25) is 0 Å². The number of rotatable bonds is 4. The predicted octanol–water partition coefficient (Wildman–Crippen LogP) is 3.14. The highest BCUT2D eigenvalue weighted by molar-refractivity contribution is 6.04. The fourth-order valence-corrected chi connectivity index (χ4v) is 1.63. The Bertz CT molecular complexity index is 522. The van der Waals surface area contributed by atoms with Crippen molar-refractivity contribution in [3.8, 4) is 11.8 Å². The Hall–Kier alpha value is -2.08. The minimum absolute atomic E-state index is 0.133. The summed E-state index contributed by atoms with van der Waals surface area (Å²) in [6.07, 6.45) is 1.62. The Kier molecular flexibility index (Phi) is 4.67. The maximum absolute atomic E-state index is 11.8. The first kappa shape index (κ1) is 14.0. The van der Waals surface area contributed by atoms with Gasteiger partial charge < -0.3 is 4.74 Å². The molecule has 1 aromatic rings. The van der Waals surface area contributed by atoms with Gasteiger partial charge in [0.05, 0.1) is 12.7 Å². The summed E-state index contributed by atoms with van der Waals surface area (Å²) in [7, 11) is 1.61. The predicted molar refractivity (Wildman–Crippen MR) is 71.2 cm³/mol. The Morgan fingerprint density at radius 1 is 1.44 bits per heavy atom. The van der Waals surface area contributed by atoms with Gasteiger partial charge in [-0.05, 0) is 36.3 Å². The normalized spacial score (nSPS) is 11.2. The van der Waals surface area contributed by atoms with Crippen molar-refractivity contribution in [1.29, 1.82) is 5.26 Å². The van der Waals surface area contributed by atoms with Crippen LogP contribution in [0.25, 0.3) is 6.08 Å². The van der Waals surface area contributed by atoms with E-state index in [4.69, 9.17) is 10.00 Å². The Morgan fingerprint density at radius 3 is 2.56 bits per heavy atom.